The first-order valence-corrected chi connectivity index (χ1v) is 6.73. The van der Waals surface area contributed by atoms with Gasteiger partial charge in [0.1, 0.15) is 0 Å². The molecule has 0 aliphatic carbocycles. The van der Waals surface area contributed by atoms with Gasteiger partial charge in [-0.1, -0.05) is 5.57 Å². The summed E-state index contributed by atoms with van der Waals surface area (Å²) >= 11 is 0. The Hall–Kier alpha value is -0.380. The zero-order valence-electron chi connectivity index (χ0n) is 12.0. The van der Waals surface area contributed by atoms with Gasteiger partial charge in [0.2, 0.25) is 0 Å². The van der Waals surface area contributed by atoms with Crippen molar-refractivity contribution in [1.29, 1.82) is 0 Å². The van der Waals surface area contributed by atoms with Crippen LogP contribution in [0, 0.1) is 0 Å². The SMILES string of the molecule is C=C(C)CCC(CC1CN(C)CCN1C)NC. The van der Waals surface area contributed by atoms with Gasteiger partial charge in [-0.05, 0) is 47.3 Å². The highest BCUT2D eigenvalue weighted by molar-refractivity contribution is 4.90. The topological polar surface area (TPSA) is 18.5 Å². The third-order valence-electron chi connectivity index (χ3n) is 3.86. The summed E-state index contributed by atoms with van der Waals surface area (Å²) in [5, 5.41) is 3.45. The minimum absolute atomic E-state index is 0.616. The van der Waals surface area contributed by atoms with Crippen LogP contribution >= 0.6 is 0 Å². The van der Waals surface area contributed by atoms with Crippen LogP contribution in [-0.4, -0.2) is 62.7 Å². The number of piperazine rings is 1. The second-order valence-electron chi connectivity index (χ2n) is 5.61. The van der Waals surface area contributed by atoms with Crippen molar-refractivity contribution >= 4 is 0 Å². The van der Waals surface area contributed by atoms with Crippen LogP contribution in [-0.2, 0) is 0 Å². The Morgan fingerprint density at radius 2 is 2.12 bits per heavy atom. The highest BCUT2D eigenvalue weighted by Gasteiger charge is 2.24. The lowest BCUT2D eigenvalue weighted by atomic mass is 9.98. The van der Waals surface area contributed by atoms with Gasteiger partial charge in [-0.2, -0.15) is 0 Å². The quantitative estimate of drug-likeness (QED) is 0.710. The molecule has 0 amide bonds. The van der Waals surface area contributed by atoms with E-state index in [0.717, 1.165) is 6.42 Å². The predicted octanol–water partition coefficient (Wildman–Crippen LogP) is 1.57. The van der Waals surface area contributed by atoms with Crippen molar-refractivity contribution in [3.63, 3.8) is 0 Å². The summed E-state index contributed by atoms with van der Waals surface area (Å²) in [6, 6.07) is 1.31. The van der Waals surface area contributed by atoms with Gasteiger partial charge in [0.25, 0.3) is 0 Å². The fourth-order valence-electron chi connectivity index (χ4n) is 2.49. The van der Waals surface area contributed by atoms with Crippen LogP contribution in [0.1, 0.15) is 26.2 Å². The molecule has 17 heavy (non-hydrogen) atoms. The molecule has 2 atom stereocenters. The van der Waals surface area contributed by atoms with Gasteiger partial charge >= 0.3 is 0 Å². The third-order valence-corrected chi connectivity index (χ3v) is 3.86. The lowest BCUT2D eigenvalue weighted by Gasteiger charge is -2.39. The van der Waals surface area contributed by atoms with E-state index in [9.17, 15) is 0 Å². The summed E-state index contributed by atoms with van der Waals surface area (Å²) in [6.45, 7) is 9.69. The second kappa shape index (κ2) is 7.14. The number of nitrogens with zero attached hydrogens (tertiary/aromatic N) is 2. The van der Waals surface area contributed by atoms with E-state index < -0.39 is 0 Å². The van der Waals surface area contributed by atoms with Crippen LogP contribution < -0.4 is 5.32 Å². The van der Waals surface area contributed by atoms with Gasteiger partial charge in [-0.3, -0.25) is 0 Å². The number of nitrogens with one attached hydrogen (secondary N) is 1. The van der Waals surface area contributed by atoms with Crippen molar-refractivity contribution in [3.8, 4) is 0 Å². The molecule has 1 N–H and O–H groups in total. The molecule has 3 nitrogen and oxygen atoms in total. The van der Waals surface area contributed by atoms with E-state index >= 15 is 0 Å². The number of rotatable bonds is 6. The molecule has 1 saturated heterocycles. The van der Waals surface area contributed by atoms with Crippen molar-refractivity contribution in [1.82, 2.24) is 15.1 Å². The molecular formula is C14H29N3. The molecule has 0 radical (unpaired) electrons. The summed E-state index contributed by atoms with van der Waals surface area (Å²) in [6.07, 6.45) is 3.59. The molecule has 1 heterocycles. The first-order chi connectivity index (χ1) is 8.02. The van der Waals surface area contributed by atoms with E-state index in [1.807, 2.05) is 0 Å². The second-order valence-corrected chi connectivity index (χ2v) is 5.61. The molecule has 2 unspecified atom stereocenters. The summed E-state index contributed by atoms with van der Waals surface area (Å²) < 4.78 is 0. The average molecular weight is 239 g/mol. The largest absolute Gasteiger partial charge is 0.317 e. The van der Waals surface area contributed by atoms with E-state index in [4.69, 9.17) is 0 Å². The third kappa shape index (κ3) is 5.19. The van der Waals surface area contributed by atoms with Gasteiger partial charge in [-0.15, -0.1) is 6.58 Å². The van der Waals surface area contributed by atoms with Crippen molar-refractivity contribution in [2.24, 2.45) is 0 Å². The minimum Gasteiger partial charge on any atom is -0.317 e. The number of likely N-dealkylation sites (N-methyl/N-ethyl adjacent to an activating group) is 2. The first-order valence-electron chi connectivity index (χ1n) is 6.73. The van der Waals surface area contributed by atoms with Crippen molar-refractivity contribution in [2.45, 2.75) is 38.3 Å². The van der Waals surface area contributed by atoms with Gasteiger partial charge in [0.15, 0.2) is 0 Å². The lowest BCUT2D eigenvalue weighted by molar-refractivity contribution is 0.101. The molecule has 1 aliphatic rings. The average Bonchev–Trinajstić information content (AvgIpc) is 2.28. The van der Waals surface area contributed by atoms with Crippen molar-refractivity contribution < 1.29 is 0 Å². The van der Waals surface area contributed by atoms with E-state index in [2.05, 4.69) is 49.8 Å². The van der Waals surface area contributed by atoms with Crippen LogP contribution in [0.2, 0.25) is 0 Å². The number of hydrogen-bond acceptors (Lipinski definition) is 3. The number of hydrogen-bond donors (Lipinski definition) is 1. The Kier molecular flexibility index (Phi) is 6.17. The highest BCUT2D eigenvalue weighted by Crippen LogP contribution is 2.15. The smallest absolute Gasteiger partial charge is 0.0235 e. The fraction of sp³-hybridized carbons (Fsp3) is 0.857. The molecule has 1 rings (SSSR count). The minimum atomic E-state index is 0.616. The maximum atomic E-state index is 3.99. The molecule has 0 saturated carbocycles. The molecular weight excluding hydrogens is 210 g/mol. The Labute approximate surface area is 107 Å². The molecule has 0 aromatic heterocycles. The maximum Gasteiger partial charge on any atom is 0.0235 e. The van der Waals surface area contributed by atoms with E-state index in [-0.39, 0.29) is 0 Å². The molecule has 1 aliphatic heterocycles. The molecule has 3 heteroatoms. The Balaban J connectivity index is 2.40. The standard InChI is InChI=1S/C14H29N3/c1-12(2)6-7-13(15-3)10-14-11-16(4)8-9-17(14)5/h13-15H,1,6-11H2,2-5H3. The Morgan fingerprint density at radius 3 is 2.71 bits per heavy atom. The summed E-state index contributed by atoms with van der Waals surface area (Å²) in [5.74, 6) is 0. The zero-order chi connectivity index (χ0) is 12.8. The van der Waals surface area contributed by atoms with Crippen LogP contribution in [0.25, 0.3) is 0 Å². The van der Waals surface area contributed by atoms with Crippen LogP contribution in [0.5, 0.6) is 0 Å². The molecule has 0 aromatic carbocycles. The lowest BCUT2D eigenvalue weighted by Crippen LogP contribution is -2.52. The normalized spacial score (nSPS) is 24.8. The molecule has 0 bridgehead atoms. The summed E-state index contributed by atoms with van der Waals surface area (Å²) in [4.78, 5) is 4.95. The van der Waals surface area contributed by atoms with Crippen LogP contribution in [0.4, 0.5) is 0 Å². The van der Waals surface area contributed by atoms with E-state index in [0.29, 0.717) is 12.1 Å². The van der Waals surface area contributed by atoms with Crippen LogP contribution in [0.3, 0.4) is 0 Å². The van der Waals surface area contributed by atoms with Gasteiger partial charge in [0.05, 0.1) is 0 Å². The van der Waals surface area contributed by atoms with Gasteiger partial charge in [-0.25, -0.2) is 0 Å². The molecule has 0 spiro atoms. The maximum absolute atomic E-state index is 3.99. The monoisotopic (exact) mass is 239 g/mol. The number of allylic oxidation sites excluding steroid dienone is 1. The molecule has 0 aromatic rings. The van der Waals surface area contributed by atoms with Gasteiger partial charge < -0.3 is 15.1 Å². The summed E-state index contributed by atoms with van der Waals surface area (Å²) in [7, 11) is 6.56. The Morgan fingerprint density at radius 1 is 1.41 bits per heavy atom. The van der Waals surface area contributed by atoms with Crippen molar-refractivity contribution in [2.75, 3.05) is 40.8 Å². The summed E-state index contributed by atoms with van der Waals surface area (Å²) in [5.41, 5.74) is 1.29. The van der Waals surface area contributed by atoms with Gasteiger partial charge in [0, 0.05) is 31.7 Å². The molecule has 100 valence electrons. The predicted molar refractivity (Wildman–Crippen MR) is 75.4 cm³/mol. The van der Waals surface area contributed by atoms with E-state index in [1.165, 1.54) is 38.0 Å². The molecule has 1 fully saturated rings. The highest BCUT2D eigenvalue weighted by atomic mass is 15.3. The van der Waals surface area contributed by atoms with E-state index in [1.54, 1.807) is 0 Å². The Bertz CT molecular complexity index is 240. The first kappa shape index (κ1) is 14.7. The fourth-order valence-corrected chi connectivity index (χ4v) is 2.49. The van der Waals surface area contributed by atoms with Crippen LogP contribution in [0.15, 0.2) is 12.2 Å². The zero-order valence-corrected chi connectivity index (χ0v) is 12.0. The van der Waals surface area contributed by atoms with Crippen molar-refractivity contribution in [3.05, 3.63) is 12.2 Å².